The molecular formula is C22H20ClN3O4. The first-order chi connectivity index (χ1) is 14.5. The zero-order valence-electron chi connectivity index (χ0n) is 15.9. The van der Waals surface area contributed by atoms with Crippen molar-refractivity contribution in [3.63, 3.8) is 0 Å². The van der Waals surface area contributed by atoms with Crippen molar-refractivity contribution in [1.82, 2.24) is 15.3 Å². The number of hydrogen-bond acceptors (Lipinski definition) is 6. The number of aliphatic hydroxyl groups excluding tert-OH is 2. The van der Waals surface area contributed by atoms with E-state index in [-0.39, 0.29) is 24.9 Å². The first kappa shape index (κ1) is 20.3. The highest BCUT2D eigenvalue weighted by atomic mass is 35.5. The minimum atomic E-state index is -1.36. The highest BCUT2D eigenvalue weighted by Gasteiger charge is 2.29. The van der Waals surface area contributed by atoms with Crippen molar-refractivity contribution in [1.29, 1.82) is 0 Å². The summed E-state index contributed by atoms with van der Waals surface area (Å²) in [5.74, 6) is -0.0395. The Morgan fingerprint density at radius 2 is 1.60 bits per heavy atom. The summed E-state index contributed by atoms with van der Waals surface area (Å²) in [5.41, 5.74) is 4.51. The predicted octanol–water partition coefficient (Wildman–Crippen LogP) is 3.06. The summed E-state index contributed by atoms with van der Waals surface area (Å²) < 4.78 is 5.40. The van der Waals surface area contributed by atoms with Crippen LogP contribution in [0.5, 0.6) is 0 Å². The molecule has 3 aromatic rings. The van der Waals surface area contributed by atoms with Crippen LogP contribution in [0.25, 0.3) is 11.1 Å². The number of aromatic nitrogens is 2. The topological polar surface area (TPSA) is 105 Å². The Labute approximate surface area is 178 Å². The van der Waals surface area contributed by atoms with E-state index in [0.29, 0.717) is 5.02 Å². The van der Waals surface area contributed by atoms with Crippen molar-refractivity contribution < 1.29 is 19.7 Å². The van der Waals surface area contributed by atoms with Gasteiger partial charge >= 0.3 is 6.09 Å². The van der Waals surface area contributed by atoms with E-state index in [4.69, 9.17) is 16.3 Å². The van der Waals surface area contributed by atoms with Crippen LogP contribution in [0.2, 0.25) is 5.02 Å². The summed E-state index contributed by atoms with van der Waals surface area (Å²) in [7, 11) is 0. The molecule has 3 N–H and O–H groups in total. The Hall–Kier alpha value is -3.00. The van der Waals surface area contributed by atoms with Crippen LogP contribution in [-0.4, -0.2) is 45.5 Å². The number of carbonyl (C=O) groups is 1. The Bertz CT molecular complexity index is 999. The molecule has 0 fully saturated rings. The van der Waals surface area contributed by atoms with Crippen LogP contribution in [0.15, 0.2) is 60.9 Å². The Morgan fingerprint density at radius 1 is 1.03 bits per heavy atom. The quantitative estimate of drug-likeness (QED) is 0.560. The number of hydrogen-bond donors (Lipinski definition) is 3. The van der Waals surface area contributed by atoms with Gasteiger partial charge in [-0.05, 0) is 22.3 Å². The lowest BCUT2D eigenvalue weighted by Gasteiger charge is -2.18. The molecule has 0 saturated heterocycles. The van der Waals surface area contributed by atoms with Crippen molar-refractivity contribution in [3.05, 3.63) is 82.9 Å². The first-order valence-electron chi connectivity index (χ1n) is 9.47. The molecule has 2 atom stereocenters. The summed E-state index contributed by atoms with van der Waals surface area (Å²) in [6, 6.07) is 16.1. The van der Waals surface area contributed by atoms with Gasteiger partial charge in [-0.2, -0.15) is 0 Å². The lowest BCUT2D eigenvalue weighted by atomic mass is 9.98. The maximum absolute atomic E-state index is 12.2. The van der Waals surface area contributed by atoms with Crippen LogP contribution < -0.4 is 5.32 Å². The molecule has 30 heavy (non-hydrogen) atoms. The van der Waals surface area contributed by atoms with E-state index in [1.807, 2.05) is 36.4 Å². The highest BCUT2D eigenvalue weighted by molar-refractivity contribution is 6.30. The van der Waals surface area contributed by atoms with Crippen molar-refractivity contribution >= 4 is 17.7 Å². The van der Waals surface area contributed by atoms with Gasteiger partial charge in [-0.3, -0.25) is 0 Å². The average Bonchev–Trinajstić information content (AvgIpc) is 3.10. The lowest BCUT2D eigenvalue weighted by molar-refractivity contribution is 0.0133. The lowest BCUT2D eigenvalue weighted by Crippen LogP contribution is -2.36. The normalized spacial score (nSPS) is 14.5. The molecule has 4 rings (SSSR count). The Balaban J connectivity index is 1.33. The standard InChI is InChI=1S/C22H20ClN3O4/c23-13-9-24-21(25-10-13)20(28)19(27)11-26-22(29)30-12-18-16-7-3-1-5-14(16)15-6-2-4-8-17(15)18/h1-10,18-20,27-28H,11-12H2,(H,26,29). The summed E-state index contributed by atoms with van der Waals surface area (Å²) in [6.07, 6.45) is -0.708. The number of aliphatic hydroxyl groups is 2. The number of rotatable bonds is 6. The minimum Gasteiger partial charge on any atom is -0.449 e. The molecule has 8 heteroatoms. The van der Waals surface area contributed by atoms with Crippen LogP contribution in [0.3, 0.4) is 0 Å². The van der Waals surface area contributed by atoms with Crippen molar-refractivity contribution in [3.8, 4) is 11.1 Å². The van der Waals surface area contributed by atoms with Gasteiger partial charge in [-0.25, -0.2) is 14.8 Å². The van der Waals surface area contributed by atoms with Gasteiger partial charge in [0, 0.05) is 24.9 Å². The molecule has 2 unspecified atom stereocenters. The van der Waals surface area contributed by atoms with Gasteiger partial charge < -0.3 is 20.3 Å². The van der Waals surface area contributed by atoms with Crippen LogP contribution in [0.1, 0.15) is 29.0 Å². The van der Waals surface area contributed by atoms with Crippen molar-refractivity contribution in [2.45, 2.75) is 18.1 Å². The molecule has 1 aromatic heterocycles. The van der Waals surface area contributed by atoms with Crippen LogP contribution >= 0.6 is 11.6 Å². The SMILES string of the molecule is O=C(NCC(O)C(O)c1ncc(Cl)cn1)OCC1c2ccccc2-c2ccccc21. The van der Waals surface area contributed by atoms with Gasteiger partial charge in [0.2, 0.25) is 0 Å². The van der Waals surface area contributed by atoms with Crippen LogP contribution in [0.4, 0.5) is 4.79 Å². The van der Waals surface area contributed by atoms with E-state index < -0.39 is 18.3 Å². The number of ether oxygens (including phenoxy) is 1. The molecule has 0 bridgehead atoms. The summed E-state index contributed by atoms with van der Waals surface area (Å²) in [6.45, 7) is -0.0529. The molecule has 7 nitrogen and oxygen atoms in total. The summed E-state index contributed by atoms with van der Waals surface area (Å²) >= 11 is 5.71. The molecule has 0 spiro atoms. The molecule has 2 aromatic carbocycles. The maximum atomic E-state index is 12.2. The fourth-order valence-electron chi connectivity index (χ4n) is 3.60. The second kappa shape index (κ2) is 8.79. The number of carbonyl (C=O) groups excluding carboxylic acids is 1. The minimum absolute atomic E-state index is 0.0150. The molecule has 1 amide bonds. The molecule has 1 aliphatic carbocycles. The van der Waals surface area contributed by atoms with E-state index in [2.05, 4.69) is 27.4 Å². The van der Waals surface area contributed by atoms with Gasteiger partial charge in [-0.1, -0.05) is 60.1 Å². The number of nitrogens with zero attached hydrogens (tertiary/aromatic N) is 2. The second-order valence-corrected chi connectivity index (χ2v) is 7.41. The van der Waals surface area contributed by atoms with E-state index in [1.54, 1.807) is 0 Å². The third-order valence-corrected chi connectivity index (χ3v) is 5.26. The second-order valence-electron chi connectivity index (χ2n) is 6.98. The van der Waals surface area contributed by atoms with Crippen LogP contribution in [-0.2, 0) is 4.74 Å². The van der Waals surface area contributed by atoms with E-state index in [0.717, 1.165) is 22.3 Å². The zero-order valence-corrected chi connectivity index (χ0v) is 16.7. The van der Waals surface area contributed by atoms with Gasteiger partial charge in [-0.15, -0.1) is 0 Å². The Kier molecular flexibility index (Phi) is 5.94. The smallest absolute Gasteiger partial charge is 0.407 e. The largest absolute Gasteiger partial charge is 0.449 e. The fourth-order valence-corrected chi connectivity index (χ4v) is 3.69. The molecule has 0 saturated carbocycles. The third kappa shape index (κ3) is 4.14. The summed E-state index contributed by atoms with van der Waals surface area (Å²) in [4.78, 5) is 19.9. The molecule has 154 valence electrons. The van der Waals surface area contributed by atoms with Gasteiger partial charge in [0.1, 0.15) is 18.8 Å². The zero-order chi connectivity index (χ0) is 21.1. The molecule has 0 aliphatic heterocycles. The number of halogens is 1. The Morgan fingerprint density at radius 3 is 2.20 bits per heavy atom. The highest BCUT2D eigenvalue weighted by Crippen LogP contribution is 2.44. The van der Waals surface area contributed by atoms with E-state index >= 15 is 0 Å². The van der Waals surface area contributed by atoms with E-state index in [9.17, 15) is 15.0 Å². The maximum Gasteiger partial charge on any atom is 0.407 e. The monoisotopic (exact) mass is 425 g/mol. The first-order valence-corrected chi connectivity index (χ1v) is 9.85. The fraction of sp³-hybridized carbons (Fsp3) is 0.227. The van der Waals surface area contributed by atoms with Crippen molar-refractivity contribution in [2.75, 3.05) is 13.2 Å². The average molecular weight is 426 g/mol. The van der Waals surface area contributed by atoms with Gasteiger partial charge in [0.15, 0.2) is 5.82 Å². The molecule has 1 heterocycles. The predicted molar refractivity (Wildman–Crippen MR) is 111 cm³/mol. The van der Waals surface area contributed by atoms with Crippen molar-refractivity contribution in [2.24, 2.45) is 0 Å². The summed E-state index contributed by atoms with van der Waals surface area (Å²) in [5, 5.41) is 23.0. The molecule has 0 radical (unpaired) electrons. The molecule has 1 aliphatic rings. The number of benzene rings is 2. The molecular weight excluding hydrogens is 406 g/mol. The van der Waals surface area contributed by atoms with Gasteiger partial charge in [0.05, 0.1) is 5.02 Å². The van der Waals surface area contributed by atoms with Gasteiger partial charge in [0.25, 0.3) is 0 Å². The third-order valence-electron chi connectivity index (χ3n) is 5.07. The number of amides is 1. The number of fused-ring (bicyclic) bond motifs is 3. The number of alkyl carbamates (subject to hydrolysis) is 1. The number of nitrogens with one attached hydrogen (secondary N) is 1. The van der Waals surface area contributed by atoms with E-state index in [1.165, 1.54) is 12.4 Å². The van der Waals surface area contributed by atoms with Crippen LogP contribution in [0, 0.1) is 0 Å².